The van der Waals surface area contributed by atoms with Crippen LogP contribution in [0, 0.1) is 0 Å². The maximum Gasteiger partial charge on any atom is 0.236 e. The summed E-state index contributed by atoms with van der Waals surface area (Å²) in [6, 6.07) is 7.28. The minimum Gasteiger partial charge on any atom is -0.340 e. The predicted octanol–water partition coefficient (Wildman–Crippen LogP) is 1.89. The molecule has 3 rings (SSSR count). The van der Waals surface area contributed by atoms with E-state index in [-0.39, 0.29) is 5.91 Å². The third-order valence-electron chi connectivity index (χ3n) is 4.13. The normalized spacial score (nSPS) is 17.3. The lowest BCUT2D eigenvalue weighted by Crippen LogP contribution is -2.36. The fourth-order valence-electron chi connectivity index (χ4n) is 2.74. The first kappa shape index (κ1) is 12.7. The van der Waals surface area contributed by atoms with Crippen molar-refractivity contribution in [3.8, 4) is 0 Å². The maximum atomic E-state index is 12.0. The third-order valence-corrected chi connectivity index (χ3v) is 4.13. The number of likely N-dealkylation sites (N-methyl/N-ethyl adjacent to an activating group) is 1. The number of hydrogen-bond donors (Lipinski definition) is 1. The van der Waals surface area contributed by atoms with E-state index in [9.17, 15) is 4.79 Å². The smallest absolute Gasteiger partial charge is 0.236 e. The monoisotopic (exact) mass is 258 g/mol. The summed E-state index contributed by atoms with van der Waals surface area (Å²) >= 11 is 0. The number of fused-ring (bicyclic) bond motifs is 1. The molecule has 2 aliphatic carbocycles. The second-order valence-electron chi connectivity index (χ2n) is 5.86. The van der Waals surface area contributed by atoms with Crippen molar-refractivity contribution in [2.45, 2.75) is 44.7 Å². The molecule has 0 spiro atoms. The van der Waals surface area contributed by atoms with Gasteiger partial charge < -0.3 is 10.2 Å². The lowest BCUT2D eigenvalue weighted by Gasteiger charge is -2.18. The topological polar surface area (TPSA) is 32.3 Å². The van der Waals surface area contributed by atoms with Gasteiger partial charge in [-0.25, -0.2) is 0 Å². The fourth-order valence-corrected chi connectivity index (χ4v) is 2.74. The van der Waals surface area contributed by atoms with Crippen molar-refractivity contribution in [2.75, 3.05) is 13.6 Å². The van der Waals surface area contributed by atoms with Gasteiger partial charge in [-0.15, -0.1) is 0 Å². The third kappa shape index (κ3) is 3.16. The van der Waals surface area contributed by atoms with Crippen LogP contribution < -0.4 is 5.32 Å². The highest BCUT2D eigenvalue weighted by atomic mass is 16.2. The number of hydrogen-bond acceptors (Lipinski definition) is 2. The summed E-state index contributed by atoms with van der Waals surface area (Å²) in [6.45, 7) is 1.20. The van der Waals surface area contributed by atoms with Crippen molar-refractivity contribution >= 4 is 5.91 Å². The van der Waals surface area contributed by atoms with Crippen molar-refractivity contribution < 1.29 is 4.79 Å². The Labute approximate surface area is 115 Å². The molecule has 1 fully saturated rings. The molecule has 1 amide bonds. The first-order valence-corrected chi connectivity index (χ1v) is 7.30. The summed E-state index contributed by atoms with van der Waals surface area (Å²) in [5.41, 5.74) is 4.23. The molecule has 102 valence electrons. The van der Waals surface area contributed by atoms with Crippen molar-refractivity contribution in [1.29, 1.82) is 0 Å². The zero-order valence-corrected chi connectivity index (χ0v) is 11.6. The van der Waals surface area contributed by atoms with Crippen LogP contribution >= 0.6 is 0 Å². The van der Waals surface area contributed by atoms with Crippen molar-refractivity contribution in [1.82, 2.24) is 10.2 Å². The van der Waals surface area contributed by atoms with Gasteiger partial charge in [0, 0.05) is 19.6 Å². The van der Waals surface area contributed by atoms with E-state index in [1.807, 2.05) is 11.9 Å². The molecule has 3 heteroatoms. The van der Waals surface area contributed by atoms with Crippen LogP contribution in [0.5, 0.6) is 0 Å². The van der Waals surface area contributed by atoms with Crippen LogP contribution in [0.25, 0.3) is 0 Å². The van der Waals surface area contributed by atoms with Crippen LogP contribution in [-0.2, 0) is 24.2 Å². The minimum atomic E-state index is 0.187. The highest BCUT2D eigenvalue weighted by Crippen LogP contribution is 2.23. The largest absolute Gasteiger partial charge is 0.340 e. The summed E-state index contributed by atoms with van der Waals surface area (Å²) in [5.74, 6) is 0.187. The van der Waals surface area contributed by atoms with Gasteiger partial charge in [0.1, 0.15) is 0 Å². The van der Waals surface area contributed by atoms with Crippen LogP contribution in [0.15, 0.2) is 18.2 Å². The van der Waals surface area contributed by atoms with Gasteiger partial charge in [-0.1, -0.05) is 18.2 Å². The van der Waals surface area contributed by atoms with Crippen LogP contribution in [0.2, 0.25) is 0 Å². The number of nitrogens with one attached hydrogen (secondary N) is 1. The molecule has 0 atom stereocenters. The first-order valence-electron chi connectivity index (χ1n) is 7.30. The maximum absolute atomic E-state index is 12.0. The molecule has 0 bridgehead atoms. The van der Waals surface area contributed by atoms with Crippen LogP contribution in [-0.4, -0.2) is 30.4 Å². The van der Waals surface area contributed by atoms with E-state index in [0.29, 0.717) is 12.6 Å². The standard InChI is InChI=1S/C16H22N2O/c1-18(16(19)10-17-15-7-8-15)11-12-5-6-13-3-2-4-14(13)9-12/h5-6,9,15,17H,2-4,7-8,10-11H2,1H3. The molecule has 19 heavy (non-hydrogen) atoms. The zero-order valence-electron chi connectivity index (χ0n) is 11.6. The first-order chi connectivity index (χ1) is 9.22. The zero-order chi connectivity index (χ0) is 13.2. The number of aryl methyl sites for hydroxylation is 2. The molecule has 0 aromatic heterocycles. The lowest BCUT2D eigenvalue weighted by molar-refractivity contribution is -0.129. The van der Waals surface area contributed by atoms with Gasteiger partial charge in [-0.05, 0) is 48.8 Å². The quantitative estimate of drug-likeness (QED) is 0.874. The van der Waals surface area contributed by atoms with Crippen LogP contribution in [0.4, 0.5) is 0 Å². The van der Waals surface area contributed by atoms with Gasteiger partial charge >= 0.3 is 0 Å². The van der Waals surface area contributed by atoms with Crippen LogP contribution in [0.1, 0.15) is 36.0 Å². The summed E-state index contributed by atoms with van der Waals surface area (Å²) in [7, 11) is 1.89. The van der Waals surface area contributed by atoms with Gasteiger partial charge in [-0.2, -0.15) is 0 Å². The highest BCUT2D eigenvalue weighted by Gasteiger charge is 2.22. The Kier molecular flexibility index (Phi) is 3.56. The molecular formula is C16H22N2O. The average molecular weight is 258 g/mol. The van der Waals surface area contributed by atoms with E-state index in [2.05, 4.69) is 23.5 Å². The van der Waals surface area contributed by atoms with Gasteiger partial charge in [0.25, 0.3) is 0 Å². The second kappa shape index (κ2) is 5.33. The lowest BCUT2D eigenvalue weighted by atomic mass is 10.1. The van der Waals surface area contributed by atoms with E-state index in [1.54, 1.807) is 0 Å². The molecule has 1 aromatic rings. The predicted molar refractivity (Wildman–Crippen MR) is 76.0 cm³/mol. The number of benzene rings is 1. The Bertz CT molecular complexity index is 480. The van der Waals surface area contributed by atoms with Crippen molar-refractivity contribution in [3.63, 3.8) is 0 Å². The summed E-state index contributed by atoms with van der Waals surface area (Å²) in [4.78, 5) is 13.8. The van der Waals surface area contributed by atoms with E-state index >= 15 is 0 Å². The fraction of sp³-hybridized carbons (Fsp3) is 0.562. The summed E-state index contributed by atoms with van der Waals surface area (Å²) < 4.78 is 0. The highest BCUT2D eigenvalue weighted by molar-refractivity contribution is 5.78. The Morgan fingerprint density at radius 1 is 1.32 bits per heavy atom. The van der Waals surface area contributed by atoms with E-state index in [0.717, 1.165) is 6.54 Å². The van der Waals surface area contributed by atoms with Crippen molar-refractivity contribution in [2.24, 2.45) is 0 Å². The SMILES string of the molecule is CN(Cc1ccc2c(c1)CCC2)C(=O)CNC1CC1. The minimum absolute atomic E-state index is 0.187. The van der Waals surface area contributed by atoms with Gasteiger partial charge in [-0.3, -0.25) is 4.79 Å². The van der Waals surface area contributed by atoms with Gasteiger partial charge in [0.05, 0.1) is 6.54 Å². The molecule has 2 aliphatic rings. The van der Waals surface area contributed by atoms with E-state index in [1.165, 1.54) is 48.8 Å². The summed E-state index contributed by atoms with van der Waals surface area (Å²) in [5, 5.41) is 3.27. The second-order valence-corrected chi connectivity index (χ2v) is 5.86. The molecule has 1 N–H and O–H groups in total. The van der Waals surface area contributed by atoms with Gasteiger partial charge in [0.2, 0.25) is 5.91 Å². The number of amides is 1. The molecule has 1 saturated carbocycles. The molecule has 0 unspecified atom stereocenters. The van der Waals surface area contributed by atoms with Gasteiger partial charge in [0.15, 0.2) is 0 Å². The van der Waals surface area contributed by atoms with E-state index in [4.69, 9.17) is 0 Å². The average Bonchev–Trinajstić information content (AvgIpc) is 3.12. The molecule has 0 saturated heterocycles. The number of nitrogens with zero attached hydrogens (tertiary/aromatic N) is 1. The molecule has 0 radical (unpaired) electrons. The molecule has 1 aromatic carbocycles. The number of carbonyl (C=O) groups excluding carboxylic acids is 1. The Hall–Kier alpha value is -1.35. The molecule has 0 heterocycles. The Morgan fingerprint density at radius 2 is 2.11 bits per heavy atom. The molecule has 0 aliphatic heterocycles. The Morgan fingerprint density at radius 3 is 2.89 bits per heavy atom. The number of rotatable bonds is 5. The molecule has 3 nitrogen and oxygen atoms in total. The van der Waals surface area contributed by atoms with Crippen LogP contribution in [0.3, 0.4) is 0 Å². The Balaban J connectivity index is 1.55. The summed E-state index contributed by atoms with van der Waals surface area (Å²) in [6.07, 6.45) is 6.14. The molecular weight excluding hydrogens is 236 g/mol. The van der Waals surface area contributed by atoms with Crippen molar-refractivity contribution in [3.05, 3.63) is 34.9 Å². The number of carbonyl (C=O) groups is 1. The van der Waals surface area contributed by atoms with E-state index < -0.39 is 0 Å².